The van der Waals surface area contributed by atoms with E-state index in [-0.39, 0.29) is 5.39 Å². The fraction of sp³-hybridized carbons (Fsp3) is 0.333. The number of hydrogen-bond donors (Lipinski definition) is 0. The van der Waals surface area contributed by atoms with Crippen LogP contribution < -0.4 is 0 Å². The maximum Gasteiger partial charge on any atom is 0.195 e. The third-order valence-electron chi connectivity index (χ3n) is 6.16. The smallest absolute Gasteiger partial charge is 0.195 e. The zero-order chi connectivity index (χ0) is 19.8. The number of hydrogen-bond acceptors (Lipinski definition) is 0. The third kappa shape index (κ3) is 3.41. The summed E-state index contributed by atoms with van der Waals surface area (Å²) in [5.41, 5.74) is 2.55. The van der Waals surface area contributed by atoms with Gasteiger partial charge in [-0.1, -0.05) is 37.6 Å². The summed E-state index contributed by atoms with van der Waals surface area (Å²) in [4.78, 5) is 0. The van der Waals surface area contributed by atoms with Crippen LogP contribution in [0.4, 0.5) is 17.6 Å². The SMILES string of the molecule is CC[C@H]1CC[C@H](c2ccc(-c3cc(F)c4c(F)c(F)c(F)cc4c3)cc2)CC1. The molecule has 0 spiro atoms. The van der Waals surface area contributed by atoms with Crippen molar-refractivity contribution in [2.24, 2.45) is 5.92 Å². The predicted octanol–water partition coefficient (Wildman–Crippen LogP) is 7.75. The average molecular weight is 386 g/mol. The summed E-state index contributed by atoms with van der Waals surface area (Å²) < 4.78 is 55.3. The van der Waals surface area contributed by atoms with Crippen molar-refractivity contribution in [2.75, 3.05) is 0 Å². The molecule has 0 nitrogen and oxygen atoms in total. The molecule has 0 aromatic heterocycles. The zero-order valence-corrected chi connectivity index (χ0v) is 15.7. The fourth-order valence-electron chi connectivity index (χ4n) is 4.41. The summed E-state index contributed by atoms with van der Waals surface area (Å²) >= 11 is 0. The van der Waals surface area contributed by atoms with Crippen LogP contribution in [0.3, 0.4) is 0 Å². The van der Waals surface area contributed by atoms with E-state index in [1.165, 1.54) is 49.8 Å². The minimum Gasteiger partial charge on any atom is -0.206 e. The number of rotatable bonds is 3. The van der Waals surface area contributed by atoms with Crippen LogP contribution in [0, 0.1) is 29.2 Å². The maximum absolute atomic E-state index is 14.4. The summed E-state index contributed by atoms with van der Waals surface area (Å²) in [6.45, 7) is 2.24. The summed E-state index contributed by atoms with van der Waals surface area (Å²) in [5, 5.41) is -0.514. The van der Waals surface area contributed by atoms with Gasteiger partial charge in [-0.3, -0.25) is 0 Å². The van der Waals surface area contributed by atoms with E-state index in [9.17, 15) is 17.6 Å². The first-order valence-corrected chi connectivity index (χ1v) is 9.85. The Morgan fingerprint density at radius 1 is 0.750 bits per heavy atom. The highest BCUT2D eigenvalue weighted by atomic mass is 19.2. The van der Waals surface area contributed by atoms with Crippen LogP contribution in [0.15, 0.2) is 42.5 Å². The van der Waals surface area contributed by atoms with Gasteiger partial charge in [-0.25, -0.2) is 17.6 Å². The molecule has 28 heavy (non-hydrogen) atoms. The molecule has 0 bridgehead atoms. The largest absolute Gasteiger partial charge is 0.206 e. The monoisotopic (exact) mass is 386 g/mol. The summed E-state index contributed by atoms with van der Waals surface area (Å²) in [7, 11) is 0. The molecular formula is C24H22F4. The molecule has 0 N–H and O–H groups in total. The Labute approximate surface area is 162 Å². The van der Waals surface area contributed by atoms with Crippen LogP contribution in [-0.2, 0) is 0 Å². The summed E-state index contributed by atoms with van der Waals surface area (Å²) in [6.07, 6.45) is 6.13. The highest BCUT2D eigenvalue weighted by Gasteiger charge is 2.21. The highest BCUT2D eigenvalue weighted by Crippen LogP contribution is 2.38. The Morgan fingerprint density at radius 3 is 2.07 bits per heavy atom. The number of fused-ring (bicyclic) bond motifs is 1. The predicted molar refractivity (Wildman–Crippen MR) is 104 cm³/mol. The molecular weight excluding hydrogens is 364 g/mol. The second-order valence-corrected chi connectivity index (χ2v) is 7.79. The van der Waals surface area contributed by atoms with E-state index in [4.69, 9.17) is 0 Å². The quantitative estimate of drug-likeness (QED) is 0.319. The van der Waals surface area contributed by atoms with Crippen LogP contribution in [0.5, 0.6) is 0 Å². The second kappa shape index (κ2) is 7.57. The van der Waals surface area contributed by atoms with Gasteiger partial charge in [0.15, 0.2) is 17.5 Å². The zero-order valence-electron chi connectivity index (χ0n) is 15.7. The van der Waals surface area contributed by atoms with Gasteiger partial charge in [-0.05, 0) is 77.8 Å². The van der Waals surface area contributed by atoms with Gasteiger partial charge >= 0.3 is 0 Å². The molecule has 0 atom stereocenters. The molecule has 1 fully saturated rings. The Balaban J connectivity index is 1.64. The maximum atomic E-state index is 14.4. The Hall–Kier alpha value is -2.36. The van der Waals surface area contributed by atoms with Gasteiger partial charge in [0.05, 0.1) is 5.39 Å². The first kappa shape index (κ1) is 19.0. The molecule has 0 amide bonds. The topological polar surface area (TPSA) is 0 Å². The Kier molecular flexibility index (Phi) is 5.13. The van der Waals surface area contributed by atoms with Crippen LogP contribution >= 0.6 is 0 Å². The number of benzene rings is 3. The number of halogens is 4. The van der Waals surface area contributed by atoms with E-state index in [0.29, 0.717) is 11.5 Å². The van der Waals surface area contributed by atoms with Crippen molar-refractivity contribution in [2.45, 2.75) is 44.9 Å². The average Bonchev–Trinajstić information content (AvgIpc) is 2.72. The van der Waals surface area contributed by atoms with Crippen molar-refractivity contribution in [1.82, 2.24) is 0 Å². The van der Waals surface area contributed by atoms with Crippen molar-refractivity contribution >= 4 is 10.8 Å². The van der Waals surface area contributed by atoms with Gasteiger partial charge in [-0.15, -0.1) is 0 Å². The van der Waals surface area contributed by atoms with Gasteiger partial charge in [0.2, 0.25) is 0 Å². The van der Waals surface area contributed by atoms with Gasteiger partial charge in [-0.2, -0.15) is 0 Å². The second-order valence-electron chi connectivity index (χ2n) is 7.79. The van der Waals surface area contributed by atoms with E-state index in [2.05, 4.69) is 19.1 Å². The molecule has 1 saturated carbocycles. The Bertz CT molecular complexity index is 1000. The first-order valence-electron chi connectivity index (χ1n) is 9.85. The molecule has 1 aliphatic rings. The lowest BCUT2D eigenvalue weighted by molar-refractivity contribution is 0.319. The lowest BCUT2D eigenvalue weighted by atomic mass is 9.77. The highest BCUT2D eigenvalue weighted by molar-refractivity contribution is 5.88. The molecule has 4 rings (SSSR count). The first-order chi connectivity index (χ1) is 13.5. The van der Waals surface area contributed by atoms with Gasteiger partial charge in [0.1, 0.15) is 5.82 Å². The van der Waals surface area contributed by atoms with Crippen LogP contribution in [0.25, 0.3) is 21.9 Å². The van der Waals surface area contributed by atoms with E-state index in [0.717, 1.165) is 17.5 Å². The molecule has 4 heteroatoms. The molecule has 146 valence electrons. The molecule has 0 radical (unpaired) electrons. The van der Waals surface area contributed by atoms with Crippen molar-refractivity contribution in [1.29, 1.82) is 0 Å². The minimum absolute atomic E-state index is 0.00774. The van der Waals surface area contributed by atoms with Gasteiger partial charge in [0, 0.05) is 0 Å². The lowest BCUT2D eigenvalue weighted by Gasteiger charge is -2.28. The van der Waals surface area contributed by atoms with Crippen molar-refractivity contribution in [3.8, 4) is 11.1 Å². The molecule has 1 aliphatic carbocycles. The molecule has 0 unspecified atom stereocenters. The minimum atomic E-state index is -1.65. The van der Waals surface area contributed by atoms with E-state index in [1.54, 1.807) is 0 Å². The normalized spacial score (nSPS) is 19.9. The molecule has 3 aromatic rings. The van der Waals surface area contributed by atoms with E-state index < -0.39 is 28.7 Å². The van der Waals surface area contributed by atoms with Crippen molar-refractivity contribution in [3.63, 3.8) is 0 Å². The van der Waals surface area contributed by atoms with Crippen LogP contribution in [0.1, 0.15) is 50.5 Å². The van der Waals surface area contributed by atoms with E-state index in [1.807, 2.05) is 12.1 Å². The van der Waals surface area contributed by atoms with E-state index >= 15 is 0 Å². The summed E-state index contributed by atoms with van der Waals surface area (Å²) in [6, 6.07) is 11.4. The van der Waals surface area contributed by atoms with Crippen LogP contribution in [-0.4, -0.2) is 0 Å². The molecule has 0 aliphatic heterocycles. The lowest BCUT2D eigenvalue weighted by Crippen LogP contribution is -2.12. The third-order valence-corrected chi connectivity index (χ3v) is 6.16. The molecule has 3 aromatic carbocycles. The molecule has 0 saturated heterocycles. The van der Waals surface area contributed by atoms with Crippen molar-refractivity contribution < 1.29 is 17.6 Å². The fourth-order valence-corrected chi connectivity index (χ4v) is 4.41. The van der Waals surface area contributed by atoms with Crippen molar-refractivity contribution in [3.05, 3.63) is 71.3 Å². The Morgan fingerprint density at radius 2 is 1.43 bits per heavy atom. The van der Waals surface area contributed by atoms with Gasteiger partial charge in [0.25, 0.3) is 0 Å². The van der Waals surface area contributed by atoms with Gasteiger partial charge < -0.3 is 0 Å². The summed E-state index contributed by atoms with van der Waals surface area (Å²) in [5.74, 6) is -3.97. The molecule has 0 heterocycles. The standard InChI is InChI=1S/C24H22F4/c1-2-14-3-5-15(6-4-14)16-7-9-17(10-8-16)18-11-19-13-21(26)23(27)24(28)22(19)20(25)12-18/h7-15H,2-6H2,1H3/t14-,15-. The van der Waals surface area contributed by atoms with Crippen LogP contribution in [0.2, 0.25) is 0 Å².